The first kappa shape index (κ1) is 28.4. The summed E-state index contributed by atoms with van der Waals surface area (Å²) in [4.78, 5) is 40.5. The maximum atomic E-state index is 13.5. The SMILES string of the molecule is COC(=O)[C@H](CCSC)NC(=O)C1N(C(=O)[C@@H](NC[C@@H](N)CS)C(C)C)CSC1(C)C. The van der Waals surface area contributed by atoms with Crippen LogP contribution in [-0.2, 0) is 19.1 Å². The number of thiol groups is 1. The summed E-state index contributed by atoms with van der Waals surface area (Å²) in [6.07, 6.45) is 2.40. The van der Waals surface area contributed by atoms with E-state index >= 15 is 0 Å². The molecule has 0 aromatic heterocycles. The Labute approximate surface area is 200 Å². The van der Waals surface area contributed by atoms with Crippen molar-refractivity contribution in [3.8, 4) is 0 Å². The molecular weight excluding hydrogens is 456 g/mol. The largest absolute Gasteiger partial charge is 0.467 e. The fourth-order valence-corrected chi connectivity index (χ4v) is 5.16. The second kappa shape index (κ2) is 13.2. The topological polar surface area (TPSA) is 114 Å². The fraction of sp³-hybridized carbons (Fsp3) is 0.850. The number of hydrogen-bond acceptors (Lipinski definition) is 9. The average Bonchev–Trinajstić information content (AvgIpc) is 3.04. The van der Waals surface area contributed by atoms with E-state index in [1.165, 1.54) is 7.11 Å². The smallest absolute Gasteiger partial charge is 0.328 e. The van der Waals surface area contributed by atoms with E-state index in [4.69, 9.17) is 10.5 Å². The lowest BCUT2D eigenvalue weighted by Crippen LogP contribution is -2.60. The summed E-state index contributed by atoms with van der Waals surface area (Å²) in [5, 5.41) is 6.07. The number of nitrogens with zero attached hydrogens (tertiary/aromatic N) is 1. The lowest BCUT2D eigenvalue weighted by atomic mass is 9.97. The Kier molecular flexibility index (Phi) is 12.1. The van der Waals surface area contributed by atoms with Crippen molar-refractivity contribution < 1.29 is 19.1 Å². The molecular formula is C20H38N4O4S3. The van der Waals surface area contributed by atoms with Gasteiger partial charge in [-0.2, -0.15) is 24.4 Å². The number of nitrogens with two attached hydrogens (primary N) is 1. The van der Waals surface area contributed by atoms with Crippen LogP contribution in [0.2, 0.25) is 0 Å². The second-order valence-corrected chi connectivity index (χ2v) is 11.5. The molecule has 1 heterocycles. The summed E-state index contributed by atoms with van der Waals surface area (Å²) in [5.74, 6) is 0.673. The fourth-order valence-electron chi connectivity index (χ4n) is 3.42. The molecule has 8 nitrogen and oxygen atoms in total. The van der Waals surface area contributed by atoms with Crippen LogP contribution < -0.4 is 16.4 Å². The van der Waals surface area contributed by atoms with Crippen LogP contribution in [-0.4, -0.2) is 88.9 Å². The van der Waals surface area contributed by atoms with Gasteiger partial charge in [-0.25, -0.2) is 4.79 Å². The van der Waals surface area contributed by atoms with Gasteiger partial charge in [-0.15, -0.1) is 11.8 Å². The number of amides is 2. The minimum Gasteiger partial charge on any atom is -0.467 e. The zero-order valence-electron chi connectivity index (χ0n) is 19.3. The van der Waals surface area contributed by atoms with E-state index in [0.29, 0.717) is 30.3 Å². The van der Waals surface area contributed by atoms with Gasteiger partial charge in [0.15, 0.2) is 0 Å². The molecule has 11 heteroatoms. The molecule has 0 spiro atoms. The van der Waals surface area contributed by atoms with Crippen molar-refractivity contribution in [3.63, 3.8) is 0 Å². The quantitative estimate of drug-likeness (QED) is 0.234. The number of hydrogen-bond donors (Lipinski definition) is 4. The second-order valence-electron chi connectivity index (χ2n) is 8.53. The van der Waals surface area contributed by atoms with Gasteiger partial charge < -0.3 is 26.0 Å². The molecule has 180 valence electrons. The van der Waals surface area contributed by atoms with Gasteiger partial charge in [-0.1, -0.05) is 13.8 Å². The Morgan fingerprint density at radius 1 is 1.35 bits per heavy atom. The molecule has 2 amide bonds. The number of ether oxygens (including phenoxy) is 1. The van der Waals surface area contributed by atoms with Gasteiger partial charge in [0.25, 0.3) is 0 Å². The van der Waals surface area contributed by atoms with E-state index in [9.17, 15) is 14.4 Å². The molecule has 0 bridgehead atoms. The lowest BCUT2D eigenvalue weighted by Gasteiger charge is -2.34. The standard InChI is InChI=1S/C20H38N4O4S3/c1-12(2)15(22-9-13(21)10-29)18(26)24-11-31-20(3,4)16(24)17(25)23-14(7-8-30-6)19(27)28-5/h12-16,22,29H,7-11,21H2,1-6H3,(H,23,25)/t13-,14+,15+,16?/m1/s1. The molecule has 1 aliphatic heterocycles. The highest BCUT2D eigenvalue weighted by Gasteiger charge is 2.49. The zero-order chi connectivity index (χ0) is 23.8. The zero-order valence-corrected chi connectivity index (χ0v) is 21.9. The van der Waals surface area contributed by atoms with Crippen molar-refractivity contribution in [2.75, 3.05) is 37.3 Å². The van der Waals surface area contributed by atoms with Crippen molar-refractivity contribution in [2.45, 2.75) is 63.0 Å². The number of methoxy groups -OCH3 is 1. The van der Waals surface area contributed by atoms with Gasteiger partial charge >= 0.3 is 5.97 Å². The van der Waals surface area contributed by atoms with Gasteiger partial charge in [-0.3, -0.25) is 9.59 Å². The molecule has 0 aliphatic carbocycles. The molecule has 1 rings (SSSR count). The van der Waals surface area contributed by atoms with Crippen LogP contribution in [0.1, 0.15) is 34.1 Å². The number of carbonyl (C=O) groups is 3. The molecule has 0 aromatic carbocycles. The van der Waals surface area contributed by atoms with Crippen molar-refractivity contribution in [3.05, 3.63) is 0 Å². The van der Waals surface area contributed by atoms with Crippen LogP contribution in [0, 0.1) is 5.92 Å². The Hall–Kier alpha value is -0.620. The Morgan fingerprint density at radius 3 is 2.52 bits per heavy atom. The normalized spacial score (nSPS) is 20.9. The molecule has 0 radical (unpaired) electrons. The molecule has 0 aromatic rings. The van der Waals surface area contributed by atoms with Crippen LogP contribution in [0.4, 0.5) is 0 Å². The van der Waals surface area contributed by atoms with Gasteiger partial charge in [0.1, 0.15) is 12.1 Å². The summed E-state index contributed by atoms with van der Waals surface area (Å²) in [6, 6.07) is -2.08. The Bertz CT molecular complexity index is 621. The first-order valence-corrected chi connectivity index (χ1v) is 13.4. The van der Waals surface area contributed by atoms with Crippen LogP contribution in [0.15, 0.2) is 0 Å². The Balaban J connectivity index is 3.05. The van der Waals surface area contributed by atoms with Crippen LogP contribution in [0.3, 0.4) is 0 Å². The third-order valence-corrected chi connectivity index (χ3v) is 7.74. The summed E-state index contributed by atoms with van der Waals surface area (Å²) >= 11 is 7.33. The molecule has 1 fully saturated rings. The van der Waals surface area contributed by atoms with Gasteiger partial charge in [0, 0.05) is 23.1 Å². The first-order valence-electron chi connectivity index (χ1n) is 10.4. The van der Waals surface area contributed by atoms with Crippen LogP contribution >= 0.6 is 36.2 Å². The highest BCUT2D eigenvalue weighted by atomic mass is 32.2. The third kappa shape index (κ3) is 8.03. The summed E-state index contributed by atoms with van der Waals surface area (Å²) in [7, 11) is 1.31. The minimum absolute atomic E-state index is 0.0152. The Morgan fingerprint density at radius 2 is 2.00 bits per heavy atom. The molecule has 1 saturated heterocycles. The summed E-state index contributed by atoms with van der Waals surface area (Å²) < 4.78 is 4.36. The molecule has 4 N–H and O–H groups in total. The van der Waals surface area contributed by atoms with Crippen molar-refractivity contribution in [1.82, 2.24) is 15.5 Å². The van der Waals surface area contributed by atoms with Crippen molar-refractivity contribution >= 4 is 53.9 Å². The maximum absolute atomic E-state index is 13.5. The highest BCUT2D eigenvalue weighted by Crippen LogP contribution is 2.40. The van der Waals surface area contributed by atoms with E-state index < -0.39 is 28.8 Å². The predicted molar refractivity (Wildman–Crippen MR) is 133 cm³/mol. The number of nitrogens with one attached hydrogen (secondary N) is 2. The van der Waals surface area contributed by atoms with Crippen LogP contribution in [0.5, 0.6) is 0 Å². The summed E-state index contributed by atoms with van der Waals surface area (Å²) in [6.45, 7) is 8.26. The van der Waals surface area contributed by atoms with E-state index in [0.717, 1.165) is 0 Å². The predicted octanol–water partition coefficient (Wildman–Crippen LogP) is 0.949. The van der Waals surface area contributed by atoms with E-state index in [2.05, 4.69) is 23.3 Å². The van der Waals surface area contributed by atoms with Gasteiger partial charge in [-0.05, 0) is 38.2 Å². The minimum atomic E-state index is -0.740. The molecule has 1 aliphatic rings. The van der Waals surface area contributed by atoms with Crippen LogP contribution in [0.25, 0.3) is 0 Å². The van der Waals surface area contributed by atoms with Gasteiger partial charge in [0.2, 0.25) is 11.8 Å². The molecule has 0 saturated carbocycles. The van der Waals surface area contributed by atoms with Crippen molar-refractivity contribution in [2.24, 2.45) is 11.7 Å². The molecule has 4 atom stereocenters. The first-order chi connectivity index (χ1) is 14.5. The number of thioether (sulfide) groups is 2. The van der Waals surface area contributed by atoms with E-state index in [1.807, 2.05) is 34.0 Å². The molecule has 31 heavy (non-hydrogen) atoms. The van der Waals surface area contributed by atoms with E-state index in [-0.39, 0.29) is 23.8 Å². The summed E-state index contributed by atoms with van der Waals surface area (Å²) in [5.41, 5.74) is 5.95. The number of esters is 1. The lowest BCUT2D eigenvalue weighted by molar-refractivity contribution is -0.147. The maximum Gasteiger partial charge on any atom is 0.328 e. The van der Waals surface area contributed by atoms with Gasteiger partial charge in [0.05, 0.1) is 19.0 Å². The highest BCUT2D eigenvalue weighted by molar-refractivity contribution is 8.00. The van der Waals surface area contributed by atoms with E-state index in [1.54, 1.807) is 28.4 Å². The third-order valence-electron chi connectivity index (χ3n) is 5.26. The number of carbonyl (C=O) groups excluding carboxylic acids is 3. The number of rotatable bonds is 12. The van der Waals surface area contributed by atoms with Crippen molar-refractivity contribution in [1.29, 1.82) is 0 Å². The monoisotopic (exact) mass is 494 g/mol. The average molecular weight is 495 g/mol. The molecule has 1 unspecified atom stereocenters.